The number of nitrogen functional groups attached to an aromatic ring is 1. The van der Waals surface area contributed by atoms with E-state index in [-0.39, 0.29) is 47.0 Å². The van der Waals surface area contributed by atoms with Crippen LogP contribution in [0.3, 0.4) is 0 Å². The number of aliphatic hydroxyl groups excluding tert-OH is 1. The molecule has 5 rings (SSSR count). The SMILES string of the molecule is Nc1ncnn2c(C3CCC(CO)OC3)nc(-c3ccc(Oc4ccccc4)c(F)c3F)c12. The van der Waals surface area contributed by atoms with Crippen molar-refractivity contribution < 1.29 is 23.4 Å². The van der Waals surface area contributed by atoms with E-state index in [1.165, 1.54) is 23.0 Å². The number of hydrogen-bond donors (Lipinski definition) is 2. The summed E-state index contributed by atoms with van der Waals surface area (Å²) in [4.78, 5) is 8.60. The zero-order chi connectivity index (χ0) is 22.9. The van der Waals surface area contributed by atoms with Crippen LogP contribution in [0.1, 0.15) is 24.6 Å². The van der Waals surface area contributed by atoms with Gasteiger partial charge in [0.25, 0.3) is 0 Å². The number of rotatable bonds is 5. The maximum absolute atomic E-state index is 15.2. The van der Waals surface area contributed by atoms with Crippen molar-refractivity contribution in [1.82, 2.24) is 19.6 Å². The number of aliphatic hydroxyl groups is 1. The molecule has 8 nitrogen and oxygen atoms in total. The first kappa shape index (κ1) is 21.2. The van der Waals surface area contributed by atoms with Crippen LogP contribution in [0.4, 0.5) is 14.6 Å². The first-order valence-corrected chi connectivity index (χ1v) is 10.5. The Morgan fingerprint density at radius 2 is 1.94 bits per heavy atom. The number of nitrogens with zero attached hydrogens (tertiary/aromatic N) is 4. The first-order valence-electron chi connectivity index (χ1n) is 10.5. The fourth-order valence-electron chi connectivity index (χ4n) is 3.99. The van der Waals surface area contributed by atoms with E-state index in [0.717, 1.165) is 0 Å². The number of para-hydroxylation sites is 1. The first-order chi connectivity index (χ1) is 16.1. The minimum atomic E-state index is -1.14. The van der Waals surface area contributed by atoms with Crippen LogP contribution in [0.2, 0.25) is 0 Å². The number of fused-ring (bicyclic) bond motifs is 1. The summed E-state index contributed by atoms with van der Waals surface area (Å²) in [5, 5.41) is 13.6. The van der Waals surface area contributed by atoms with Gasteiger partial charge < -0.3 is 20.3 Å². The molecule has 1 aliphatic rings. The molecule has 170 valence electrons. The molecule has 33 heavy (non-hydrogen) atoms. The van der Waals surface area contributed by atoms with E-state index in [1.54, 1.807) is 30.3 Å². The summed E-state index contributed by atoms with van der Waals surface area (Å²) in [5.41, 5.74) is 6.42. The van der Waals surface area contributed by atoms with Crippen LogP contribution in [0, 0.1) is 11.6 Å². The minimum absolute atomic E-state index is 0.0582. The van der Waals surface area contributed by atoms with Crippen molar-refractivity contribution in [2.24, 2.45) is 0 Å². The molecule has 2 atom stereocenters. The van der Waals surface area contributed by atoms with Gasteiger partial charge in [-0.1, -0.05) is 18.2 Å². The zero-order valence-corrected chi connectivity index (χ0v) is 17.5. The van der Waals surface area contributed by atoms with E-state index in [0.29, 0.717) is 31.0 Å². The molecular weight excluding hydrogens is 432 g/mol. The third kappa shape index (κ3) is 3.87. The minimum Gasteiger partial charge on any atom is -0.454 e. The number of ether oxygens (including phenoxy) is 2. The largest absolute Gasteiger partial charge is 0.454 e. The van der Waals surface area contributed by atoms with E-state index < -0.39 is 11.6 Å². The quantitative estimate of drug-likeness (QED) is 0.474. The Balaban J connectivity index is 1.57. The molecule has 0 aliphatic carbocycles. The molecule has 10 heteroatoms. The summed E-state index contributed by atoms with van der Waals surface area (Å²) in [5.74, 6) is -1.67. The summed E-state index contributed by atoms with van der Waals surface area (Å²) < 4.78 is 42.8. The molecule has 2 aromatic carbocycles. The van der Waals surface area contributed by atoms with Gasteiger partial charge in [-0.25, -0.2) is 18.9 Å². The lowest BCUT2D eigenvalue weighted by Gasteiger charge is -2.26. The van der Waals surface area contributed by atoms with Crippen LogP contribution in [-0.2, 0) is 4.74 Å². The van der Waals surface area contributed by atoms with Gasteiger partial charge in [-0.3, -0.25) is 0 Å². The van der Waals surface area contributed by atoms with Crippen LogP contribution < -0.4 is 10.5 Å². The Labute approximate surface area is 187 Å². The molecule has 3 N–H and O–H groups in total. The van der Waals surface area contributed by atoms with Gasteiger partial charge >= 0.3 is 0 Å². The Morgan fingerprint density at radius 1 is 1.12 bits per heavy atom. The van der Waals surface area contributed by atoms with Gasteiger partial charge in [0.15, 0.2) is 17.4 Å². The summed E-state index contributed by atoms with van der Waals surface area (Å²) >= 11 is 0. The standard InChI is InChI=1S/C23H21F2N5O3/c24-18-16(8-9-17(19(18)25)33-14-4-2-1-3-5-14)20-21-22(26)27-12-28-30(21)23(29-20)13-6-7-15(10-31)32-11-13/h1-5,8-9,12-13,15,31H,6-7,10-11H2,(H2,26,27,28). The molecule has 1 saturated heterocycles. The number of aromatic nitrogens is 4. The van der Waals surface area contributed by atoms with E-state index in [1.807, 2.05) is 0 Å². The molecule has 0 amide bonds. The predicted octanol–water partition coefficient (Wildman–Crippen LogP) is 3.70. The Kier molecular flexibility index (Phi) is 5.61. The number of nitrogens with two attached hydrogens (primary N) is 1. The van der Waals surface area contributed by atoms with Crippen molar-refractivity contribution in [1.29, 1.82) is 0 Å². The van der Waals surface area contributed by atoms with Crippen LogP contribution >= 0.6 is 0 Å². The number of anilines is 1. The topological polar surface area (TPSA) is 108 Å². The summed E-state index contributed by atoms with van der Waals surface area (Å²) in [7, 11) is 0. The molecule has 0 radical (unpaired) electrons. The van der Waals surface area contributed by atoms with E-state index >= 15 is 4.39 Å². The highest BCUT2D eigenvalue weighted by Crippen LogP contribution is 2.37. The number of halogens is 2. The Bertz CT molecular complexity index is 1290. The second kappa shape index (κ2) is 8.72. The average Bonchev–Trinajstić information content (AvgIpc) is 3.24. The van der Waals surface area contributed by atoms with Crippen molar-refractivity contribution >= 4 is 11.3 Å². The second-order valence-corrected chi connectivity index (χ2v) is 7.79. The molecule has 2 aromatic heterocycles. The highest BCUT2D eigenvalue weighted by Gasteiger charge is 2.30. The maximum atomic E-state index is 15.2. The van der Waals surface area contributed by atoms with Crippen LogP contribution in [0.15, 0.2) is 48.8 Å². The predicted molar refractivity (Wildman–Crippen MR) is 116 cm³/mol. The van der Waals surface area contributed by atoms with Crippen molar-refractivity contribution in [3.05, 3.63) is 66.3 Å². The van der Waals surface area contributed by atoms with Crippen LogP contribution in [0.25, 0.3) is 16.8 Å². The van der Waals surface area contributed by atoms with Crippen molar-refractivity contribution in [3.63, 3.8) is 0 Å². The van der Waals surface area contributed by atoms with Gasteiger partial charge in [0.1, 0.15) is 29.1 Å². The van der Waals surface area contributed by atoms with Gasteiger partial charge in [0.2, 0.25) is 5.82 Å². The lowest BCUT2D eigenvalue weighted by molar-refractivity contribution is -0.0284. The monoisotopic (exact) mass is 453 g/mol. The van der Waals surface area contributed by atoms with Crippen molar-refractivity contribution in [2.45, 2.75) is 24.9 Å². The number of benzene rings is 2. The molecule has 1 aliphatic heterocycles. The molecule has 0 spiro atoms. The highest BCUT2D eigenvalue weighted by molar-refractivity contribution is 5.85. The average molecular weight is 453 g/mol. The third-order valence-corrected chi connectivity index (χ3v) is 5.70. The van der Waals surface area contributed by atoms with Gasteiger partial charge in [-0.15, -0.1) is 0 Å². The van der Waals surface area contributed by atoms with E-state index in [2.05, 4.69) is 15.1 Å². The lowest BCUT2D eigenvalue weighted by Crippen LogP contribution is -2.28. The molecule has 2 unspecified atom stereocenters. The van der Waals surface area contributed by atoms with Crippen LogP contribution in [-0.4, -0.2) is 44.0 Å². The van der Waals surface area contributed by atoms with Crippen molar-refractivity contribution in [2.75, 3.05) is 18.9 Å². The fraction of sp³-hybridized carbons (Fsp3) is 0.261. The molecular formula is C23H21F2N5O3. The van der Waals surface area contributed by atoms with Crippen molar-refractivity contribution in [3.8, 4) is 22.8 Å². The highest BCUT2D eigenvalue weighted by atomic mass is 19.2. The molecule has 0 bridgehead atoms. The van der Waals surface area contributed by atoms with Gasteiger partial charge in [-0.05, 0) is 37.1 Å². The number of hydrogen-bond acceptors (Lipinski definition) is 7. The van der Waals surface area contributed by atoms with Gasteiger partial charge in [-0.2, -0.15) is 9.49 Å². The van der Waals surface area contributed by atoms with E-state index in [9.17, 15) is 9.50 Å². The van der Waals surface area contributed by atoms with Gasteiger partial charge in [0, 0.05) is 11.5 Å². The maximum Gasteiger partial charge on any atom is 0.201 e. The molecule has 1 fully saturated rings. The third-order valence-electron chi connectivity index (χ3n) is 5.70. The second-order valence-electron chi connectivity index (χ2n) is 7.79. The molecule has 3 heterocycles. The normalized spacial score (nSPS) is 18.5. The zero-order valence-electron chi connectivity index (χ0n) is 17.5. The summed E-state index contributed by atoms with van der Waals surface area (Å²) in [6.07, 6.45) is 2.38. The fourth-order valence-corrected chi connectivity index (χ4v) is 3.99. The number of imidazole rings is 1. The lowest BCUT2D eigenvalue weighted by atomic mass is 9.98. The van der Waals surface area contributed by atoms with Gasteiger partial charge in [0.05, 0.1) is 19.3 Å². The Hall–Kier alpha value is -3.63. The smallest absolute Gasteiger partial charge is 0.201 e. The summed E-state index contributed by atoms with van der Waals surface area (Å²) in [6.45, 7) is 0.256. The molecule has 4 aromatic rings. The molecule has 0 saturated carbocycles. The summed E-state index contributed by atoms with van der Waals surface area (Å²) in [6, 6.07) is 11.3. The Morgan fingerprint density at radius 3 is 2.67 bits per heavy atom. The van der Waals surface area contributed by atoms with E-state index in [4.69, 9.17) is 15.2 Å². The van der Waals surface area contributed by atoms with Crippen LogP contribution in [0.5, 0.6) is 11.5 Å².